The predicted molar refractivity (Wildman–Crippen MR) is 24.6 cm³/mol. The van der Waals surface area contributed by atoms with Crippen molar-refractivity contribution in [2.75, 3.05) is 6.61 Å². The van der Waals surface area contributed by atoms with E-state index in [0.717, 1.165) is 13.0 Å². The molecule has 6 heavy (non-hydrogen) atoms. The smallest absolute Gasteiger partial charge is 0.0886 e. The summed E-state index contributed by atoms with van der Waals surface area (Å²) < 4.78 is 5.05. The molecule has 1 heteroatoms. The molecule has 0 spiro atoms. The molecule has 1 fully saturated rings. The van der Waals surface area contributed by atoms with Crippen LogP contribution in [-0.2, 0) is 4.74 Å². The molecule has 0 saturated carbocycles. The van der Waals surface area contributed by atoms with Gasteiger partial charge in [0.15, 0.2) is 0 Å². The molecule has 1 aliphatic heterocycles. The molecule has 1 atom stereocenters. The summed E-state index contributed by atoms with van der Waals surface area (Å²) in [5, 5.41) is 0. The van der Waals surface area contributed by atoms with E-state index in [0.29, 0.717) is 5.60 Å². The van der Waals surface area contributed by atoms with Crippen molar-refractivity contribution in [3.05, 3.63) is 0 Å². The normalized spacial score (nSPS) is 43.0. The summed E-state index contributed by atoms with van der Waals surface area (Å²) in [6.07, 6.45) is 1.16. The van der Waals surface area contributed by atoms with E-state index in [1.165, 1.54) is 0 Å². The van der Waals surface area contributed by atoms with Crippen LogP contribution in [0.1, 0.15) is 20.3 Å². The van der Waals surface area contributed by atoms with Crippen LogP contribution < -0.4 is 0 Å². The van der Waals surface area contributed by atoms with Crippen LogP contribution in [0.4, 0.5) is 0 Å². The maximum atomic E-state index is 5.05. The van der Waals surface area contributed by atoms with Gasteiger partial charge in [0, 0.05) is 0 Å². The number of rotatable bonds is 1. The van der Waals surface area contributed by atoms with Crippen molar-refractivity contribution in [2.45, 2.75) is 25.9 Å². The van der Waals surface area contributed by atoms with E-state index in [4.69, 9.17) is 4.74 Å². The van der Waals surface area contributed by atoms with Gasteiger partial charge < -0.3 is 4.74 Å². The molecule has 0 aromatic rings. The van der Waals surface area contributed by atoms with Crippen LogP contribution in [0.15, 0.2) is 0 Å². The minimum Gasteiger partial charge on any atom is -0.370 e. The van der Waals surface area contributed by atoms with Crippen molar-refractivity contribution in [2.24, 2.45) is 0 Å². The van der Waals surface area contributed by atoms with Gasteiger partial charge in [-0.15, -0.1) is 0 Å². The van der Waals surface area contributed by atoms with E-state index in [-0.39, 0.29) is 0 Å². The lowest BCUT2D eigenvalue weighted by molar-refractivity contribution is 0.317. The van der Waals surface area contributed by atoms with Crippen molar-refractivity contribution in [3.63, 3.8) is 0 Å². The minimum absolute atomic E-state index is 0.292. The van der Waals surface area contributed by atoms with Crippen LogP contribution in [0, 0.1) is 0 Å². The number of epoxide rings is 1. The lowest BCUT2D eigenvalue weighted by atomic mass is 10.1. The SMILES string of the molecule is CCC1(C)CO1. The van der Waals surface area contributed by atoms with E-state index in [9.17, 15) is 0 Å². The fourth-order valence-electron chi connectivity index (χ4n) is 0.327. The fraction of sp³-hybridized carbons (Fsp3) is 1.00. The quantitative estimate of drug-likeness (QED) is 0.436. The van der Waals surface area contributed by atoms with Gasteiger partial charge in [-0.1, -0.05) is 6.92 Å². The second-order valence-electron chi connectivity index (χ2n) is 2.09. The molecule has 36 valence electrons. The predicted octanol–water partition coefficient (Wildman–Crippen LogP) is 1.19. The molecule has 1 saturated heterocycles. The van der Waals surface area contributed by atoms with Gasteiger partial charge in [0.1, 0.15) is 0 Å². The monoisotopic (exact) mass is 86.1 g/mol. The zero-order valence-corrected chi connectivity index (χ0v) is 4.32. The topological polar surface area (TPSA) is 12.5 Å². The van der Waals surface area contributed by atoms with E-state index < -0.39 is 0 Å². The molecular weight excluding hydrogens is 76.1 g/mol. The lowest BCUT2D eigenvalue weighted by Crippen LogP contribution is -1.98. The average molecular weight is 86.1 g/mol. The summed E-state index contributed by atoms with van der Waals surface area (Å²) in [7, 11) is 0. The molecule has 1 aliphatic rings. The summed E-state index contributed by atoms with van der Waals surface area (Å²) in [5.41, 5.74) is 0.292. The van der Waals surface area contributed by atoms with Crippen LogP contribution in [-0.4, -0.2) is 12.2 Å². The first kappa shape index (κ1) is 4.13. The van der Waals surface area contributed by atoms with Crippen LogP contribution in [0.3, 0.4) is 0 Å². The van der Waals surface area contributed by atoms with E-state index in [1.54, 1.807) is 0 Å². The molecule has 0 radical (unpaired) electrons. The summed E-state index contributed by atoms with van der Waals surface area (Å²) >= 11 is 0. The second kappa shape index (κ2) is 0.969. The van der Waals surface area contributed by atoms with Crippen molar-refractivity contribution in [1.29, 1.82) is 0 Å². The Morgan fingerprint density at radius 3 is 2.33 bits per heavy atom. The van der Waals surface area contributed by atoms with E-state index in [1.807, 2.05) is 0 Å². The molecule has 1 heterocycles. The standard InChI is InChI=1S/C5H10O/c1-3-5(2)4-6-5/h3-4H2,1-2H3. The van der Waals surface area contributed by atoms with Crippen molar-refractivity contribution in [1.82, 2.24) is 0 Å². The van der Waals surface area contributed by atoms with Gasteiger partial charge in [-0.2, -0.15) is 0 Å². The Labute approximate surface area is 38.3 Å². The first-order chi connectivity index (χ1) is 2.77. The molecule has 1 nitrogen and oxygen atoms in total. The van der Waals surface area contributed by atoms with Crippen LogP contribution in [0.25, 0.3) is 0 Å². The van der Waals surface area contributed by atoms with Gasteiger partial charge in [-0.3, -0.25) is 0 Å². The van der Waals surface area contributed by atoms with Crippen molar-refractivity contribution < 1.29 is 4.74 Å². The molecule has 0 bridgehead atoms. The van der Waals surface area contributed by atoms with Crippen LogP contribution in [0.5, 0.6) is 0 Å². The van der Waals surface area contributed by atoms with E-state index >= 15 is 0 Å². The summed E-state index contributed by atoms with van der Waals surface area (Å²) in [6, 6.07) is 0. The van der Waals surface area contributed by atoms with Gasteiger partial charge in [-0.25, -0.2) is 0 Å². The molecular formula is C5H10O. The van der Waals surface area contributed by atoms with Gasteiger partial charge in [-0.05, 0) is 13.3 Å². The Morgan fingerprint density at radius 2 is 2.33 bits per heavy atom. The highest BCUT2D eigenvalue weighted by atomic mass is 16.6. The Balaban J connectivity index is 2.28. The van der Waals surface area contributed by atoms with Crippen LogP contribution in [0.2, 0.25) is 0 Å². The minimum atomic E-state index is 0.292. The highest BCUT2D eigenvalue weighted by Crippen LogP contribution is 2.28. The molecule has 0 aromatic carbocycles. The third-order valence-electron chi connectivity index (χ3n) is 1.39. The number of hydrogen-bond acceptors (Lipinski definition) is 1. The fourth-order valence-corrected chi connectivity index (χ4v) is 0.327. The van der Waals surface area contributed by atoms with Crippen molar-refractivity contribution in [3.8, 4) is 0 Å². The maximum Gasteiger partial charge on any atom is 0.0886 e. The maximum absolute atomic E-state index is 5.05. The number of hydrogen-bond donors (Lipinski definition) is 0. The Bertz CT molecular complexity index is 55.0. The Kier molecular flexibility index (Phi) is 0.667. The van der Waals surface area contributed by atoms with Gasteiger partial charge in [0.05, 0.1) is 12.2 Å². The zero-order valence-electron chi connectivity index (χ0n) is 4.32. The van der Waals surface area contributed by atoms with Crippen molar-refractivity contribution >= 4 is 0 Å². The van der Waals surface area contributed by atoms with Gasteiger partial charge >= 0.3 is 0 Å². The highest BCUT2D eigenvalue weighted by Gasteiger charge is 2.36. The third-order valence-corrected chi connectivity index (χ3v) is 1.39. The Hall–Kier alpha value is -0.0400. The molecule has 0 N–H and O–H groups in total. The summed E-state index contributed by atoms with van der Waals surface area (Å²) in [4.78, 5) is 0. The molecule has 0 aromatic heterocycles. The summed E-state index contributed by atoms with van der Waals surface area (Å²) in [6.45, 7) is 5.25. The Morgan fingerprint density at radius 1 is 1.83 bits per heavy atom. The first-order valence-corrected chi connectivity index (χ1v) is 2.41. The summed E-state index contributed by atoms with van der Waals surface area (Å²) in [5.74, 6) is 0. The molecule has 1 rings (SSSR count). The van der Waals surface area contributed by atoms with Crippen LogP contribution >= 0.6 is 0 Å². The van der Waals surface area contributed by atoms with E-state index in [2.05, 4.69) is 13.8 Å². The third kappa shape index (κ3) is 0.548. The second-order valence-corrected chi connectivity index (χ2v) is 2.09. The molecule has 0 aliphatic carbocycles. The number of ether oxygens (including phenoxy) is 1. The van der Waals surface area contributed by atoms with Gasteiger partial charge in [0.2, 0.25) is 0 Å². The average Bonchev–Trinajstić information content (AvgIpc) is 2.22. The largest absolute Gasteiger partial charge is 0.370 e. The molecule has 0 amide bonds. The molecule has 1 unspecified atom stereocenters. The first-order valence-electron chi connectivity index (χ1n) is 2.41. The zero-order chi connectivity index (χ0) is 4.62. The lowest BCUT2D eigenvalue weighted by Gasteiger charge is -1.92. The van der Waals surface area contributed by atoms with Gasteiger partial charge in [0.25, 0.3) is 0 Å². The highest BCUT2D eigenvalue weighted by molar-refractivity contribution is 4.84.